The van der Waals surface area contributed by atoms with Gasteiger partial charge >= 0.3 is 6.03 Å². The van der Waals surface area contributed by atoms with Gasteiger partial charge in [0.1, 0.15) is 0 Å². The lowest BCUT2D eigenvalue weighted by atomic mass is 10.1. The molecule has 2 rings (SSSR count). The van der Waals surface area contributed by atoms with Crippen LogP contribution in [0.15, 0.2) is 18.2 Å². The van der Waals surface area contributed by atoms with Crippen molar-refractivity contribution in [3.05, 3.63) is 29.6 Å². The molecular formula is C16H24FN3O3. The first-order valence-electron chi connectivity index (χ1n) is 7.76. The number of nitrogens with zero attached hydrogens (tertiary/aromatic N) is 2. The van der Waals surface area contributed by atoms with E-state index in [1.807, 2.05) is 0 Å². The van der Waals surface area contributed by atoms with E-state index in [1.165, 1.54) is 12.1 Å². The Morgan fingerprint density at radius 2 is 2.09 bits per heavy atom. The minimum atomic E-state index is -0.685. The maximum Gasteiger partial charge on any atom is 0.317 e. The number of halogens is 1. The molecule has 1 heterocycles. The van der Waals surface area contributed by atoms with E-state index >= 15 is 0 Å². The SMILES string of the molecule is COCCN1CCN(C(=O)NC(C)c2ccc(O)c(F)c2)CC1. The van der Waals surface area contributed by atoms with E-state index in [9.17, 15) is 14.3 Å². The number of methoxy groups -OCH3 is 1. The molecule has 0 bridgehead atoms. The highest BCUT2D eigenvalue weighted by Gasteiger charge is 2.22. The Morgan fingerprint density at radius 3 is 2.70 bits per heavy atom. The highest BCUT2D eigenvalue weighted by atomic mass is 19.1. The second-order valence-electron chi connectivity index (χ2n) is 5.70. The normalized spacial score (nSPS) is 17.1. The Morgan fingerprint density at radius 1 is 1.39 bits per heavy atom. The van der Waals surface area contributed by atoms with E-state index in [0.717, 1.165) is 19.6 Å². The number of carbonyl (C=O) groups is 1. The third kappa shape index (κ3) is 4.80. The third-order valence-electron chi connectivity index (χ3n) is 4.08. The fraction of sp³-hybridized carbons (Fsp3) is 0.562. The van der Waals surface area contributed by atoms with Gasteiger partial charge in [0.2, 0.25) is 0 Å². The number of rotatable bonds is 5. The molecule has 7 heteroatoms. The zero-order valence-corrected chi connectivity index (χ0v) is 13.6. The van der Waals surface area contributed by atoms with Crippen LogP contribution in [0.25, 0.3) is 0 Å². The van der Waals surface area contributed by atoms with E-state index in [0.29, 0.717) is 25.3 Å². The summed E-state index contributed by atoms with van der Waals surface area (Å²) in [5.74, 6) is -1.07. The minimum Gasteiger partial charge on any atom is -0.505 e. The molecule has 2 N–H and O–H groups in total. The number of nitrogens with one attached hydrogen (secondary N) is 1. The zero-order chi connectivity index (χ0) is 16.8. The number of phenols is 1. The average molecular weight is 325 g/mol. The van der Waals surface area contributed by atoms with Crippen molar-refractivity contribution in [3.8, 4) is 5.75 Å². The van der Waals surface area contributed by atoms with Crippen molar-refractivity contribution in [2.24, 2.45) is 0 Å². The second-order valence-corrected chi connectivity index (χ2v) is 5.70. The summed E-state index contributed by atoms with van der Waals surface area (Å²) in [5.41, 5.74) is 0.618. The standard InChI is InChI=1S/C16H24FN3O3/c1-12(13-3-4-15(21)14(17)11-13)18-16(22)20-7-5-19(6-8-20)9-10-23-2/h3-4,11-12,21H,5-10H2,1-2H3,(H,18,22). The molecule has 1 aromatic rings. The van der Waals surface area contributed by atoms with Gasteiger partial charge in [-0.3, -0.25) is 4.90 Å². The van der Waals surface area contributed by atoms with Gasteiger partial charge in [-0.25, -0.2) is 9.18 Å². The van der Waals surface area contributed by atoms with Gasteiger partial charge in [0, 0.05) is 39.8 Å². The van der Waals surface area contributed by atoms with Crippen LogP contribution in [0.3, 0.4) is 0 Å². The van der Waals surface area contributed by atoms with E-state index in [4.69, 9.17) is 4.74 Å². The van der Waals surface area contributed by atoms with Crippen molar-refractivity contribution < 1.29 is 19.0 Å². The molecule has 0 aliphatic carbocycles. The summed E-state index contributed by atoms with van der Waals surface area (Å²) in [4.78, 5) is 16.3. The van der Waals surface area contributed by atoms with Crippen LogP contribution in [0, 0.1) is 5.82 Å². The van der Waals surface area contributed by atoms with E-state index < -0.39 is 5.82 Å². The first kappa shape index (κ1) is 17.5. The number of aromatic hydroxyl groups is 1. The molecule has 1 aliphatic heterocycles. The van der Waals surface area contributed by atoms with Gasteiger partial charge < -0.3 is 20.1 Å². The number of urea groups is 1. The van der Waals surface area contributed by atoms with Crippen molar-refractivity contribution in [2.75, 3.05) is 46.4 Å². The fourth-order valence-electron chi connectivity index (χ4n) is 2.55. The van der Waals surface area contributed by atoms with Crippen LogP contribution in [0.4, 0.5) is 9.18 Å². The molecular weight excluding hydrogens is 301 g/mol. The maximum atomic E-state index is 13.4. The lowest BCUT2D eigenvalue weighted by Crippen LogP contribution is -2.52. The number of amides is 2. The van der Waals surface area contributed by atoms with Crippen molar-refractivity contribution in [3.63, 3.8) is 0 Å². The Balaban J connectivity index is 1.83. The molecule has 128 valence electrons. The molecule has 23 heavy (non-hydrogen) atoms. The number of phenolic OH excluding ortho intramolecular Hbond substituents is 1. The molecule has 1 aliphatic rings. The molecule has 0 spiro atoms. The second kappa shape index (κ2) is 8.12. The minimum absolute atomic E-state index is 0.155. The molecule has 0 saturated carbocycles. The van der Waals surface area contributed by atoms with Crippen LogP contribution in [-0.2, 0) is 4.74 Å². The van der Waals surface area contributed by atoms with Crippen LogP contribution in [0.1, 0.15) is 18.5 Å². The van der Waals surface area contributed by atoms with E-state index in [1.54, 1.807) is 25.0 Å². The van der Waals surface area contributed by atoms with Crippen LogP contribution >= 0.6 is 0 Å². The van der Waals surface area contributed by atoms with Crippen molar-refractivity contribution in [1.82, 2.24) is 15.1 Å². The summed E-state index contributed by atoms with van der Waals surface area (Å²) in [5, 5.41) is 12.1. The van der Waals surface area contributed by atoms with Crippen molar-refractivity contribution in [2.45, 2.75) is 13.0 Å². The predicted octanol–water partition coefficient (Wildman–Crippen LogP) is 1.57. The topological polar surface area (TPSA) is 65.0 Å². The first-order chi connectivity index (χ1) is 11.0. The van der Waals surface area contributed by atoms with Gasteiger partial charge in [0.15, 0.2) is 11.6 Å². The molecule has 1 aromatic carbocycles. The Kier molecular flexibility index (Phi) is 6.18. The summed E-state index contributed by atoms with van der Waals surface area (Å²) >= 11 is 0. The molecule has 0 aromatic heterocycles. The van der Waals surface area contributed by atoms with Gasteiger partial charge in [-0.05, 0) is 24.6 Å². The number of hydrogen-bond acceptors (Lipinski definition) is 4. The lowest BCUT2D eigenvalue weighted by Gasteiger charge is -2.35. The van der Waals surface area contributed by atoms with Crippen LogP contribution in [0.5, 0.6) is 5.75 Å². The zero-order valence-electron chi connectivity index (χ0n) is 13.6. The average Bonchev–Trinajstić information content (AvgIpc) is 2.55. The number of hydrogen-bond donors (Lipinski definition) is 2. The van der Waals surface area contributed by atoms with Gasteiger partial charge in [-0.15, -0.1) is 0 Å². The van der Waals surface area contributed by atoms with E-state index in [-0.39, 0.29) is 17.8 Å². The van der Waals surface area contributed by atoms with Gasteiger partial charge in [0.05, 0.1) is 12.6 Å². The third-order valence-corrected chi connectivity index (χ3v) is 4.08. The molecule has 0 radical (unpaired) electrons. The molecule has 1 saturated heterocycles. The lowest BCUT2D eigenvalue weighted by molar-refractivity contribution is 0.105. The van der Waals surface area contributed by atoms with Crippen LogP contribution < -0.4 is 5.32 Å². The quantitative estimate of drug-likeness (QED) is 0.862. The predicted molar refractivity (Wildman–Crippen MR) is 84.9 cm³/mol. The number of piperazine rings is 1. The monoisotopic (exact) mass is 325 g/mol. The number of benzene rings is 1. The highest BCUT2D eigenvalue weighted by Crippen LogP contribution is 2.20. The van der Waals surface area contributed by atoms with Crippen molar-refractivity contribution in [1.29, 1.82) is 0 Å². The Bertz CT molecular complexity index is 533. The molecule has 6 nitrogen and oxygen atoms in total. The fourth-order valence-corrected chi connectivity index (χ4v) is 2.55. The van der Waals surface area contributed by atoms with E-state index in [2.05, 4.69) is 10.2 Å². The van der Waals surface area contributed by atoms with Gasteiger partial charge in [-0.2, -0.15) is 0 Å². The molecule has 1 fully saturated rings. The van der Waals surface area contributed by atoms with Gasteiger partial charge in [-0.1, -0.05) is 6.07 Å². The summed E-state index contributed by atoms with van der Waals surface area (Å²) < 4.78 is 18.4. The summed E-state index contributed by atoms with van der Waals surface area (Å²) in [6, 6.07) is 3.65. The van der Waals surface area contributed by atoms with Crippen molar-refractivity contribution >= 4 is 6.03 Å². The summed E-state index contributed by atoms with van der Waals surface area (Å²) in [6.45, 7) is 6.31. The number of carbonyl (C=O) groups excluding carboxylic acids is 1. The Hall–Kier alpha value is -1.86. The van der Waals surface area contributed by atoms with Crippen LogP contribution in [0.2, 0.25) is 0 Å². The highest BCUT2D eigenvalue weighted by molar-refractivity contribution is 5.74. The maximum absolute atomic E-state index is 13.4. The molecule has 1 unspecified atom stereocenters. The summed E-state index contributed by atoms with van der Waals surface area (Å²) in [7, 11) is 1.68. The summed E-state index contributed by atoms with van der Waals surface area (Å²) in [6.07, 6.45) is 0. The Labute approximate surface area is 135 Å². The molecule has 2 amide bonds. The largest absolute Gasteiger partial charge is 0.505 e. The van der Waals surface area contributed by atoms with Crippen LogP contribution in [-0.4, -0.2) is 67.4 Å². The smallest absolute Gasteiger partial charge is 0.317 e. The van der Waals surface area contributed by atoms with Gasteiger partial charge in [0.25, 0.3) is 0 Å². The first-order valence-corrected chi connectivity index (χ1v) is 7.76. The number of ether oxygens (including phenoxy) is 1. The molecule has 1 atom stereocenters.